The average molecular weight is 363 g/mol. The molecule has 0 atom stereocenters. The molecule has 0 saturated carbocycles. The molecule has 1 aromatic rings. The molecule has 0 saturated heterocycles. The lowest BCUT2D eigenvalue weighted by atomic mass is 9.76. The molecule has 0 amide bonds. The fourth-order valence-corrected chi connectivity index (χ4v) is 2.41. The largest absolute Gasteiger partial charge is 0.476 e. The van der Waals surface area contributed by atoms with Gasteiger partial charge in [0.05, 0.1) is 12.5 Å². The Morgan fingerprint density at radius 3 is 2.19 bits per heavy atom. The van der Waals surface area contributed by atoms with Gasteiger partial charge >= 0.3 is 0 Å². The zero-order valence-corrected chi connectivity index (χ0v) is 16.9. The third-order valence-corrected chi connectivity index (χ3v) is 5.27. The minimum atomic E-state index is -0.757. The maximum absolute atomic E-state index is 10.6. The summed E-state index contributed by atoms with van der Waals surface area (Å²) in [6.07, 6.45) is 3.17. The van der Waals surface area contributed by atoms with Crippen LogP contribution in [0.3, 0.4) is 0 Å². The Hall–Kier alpha value is -1.72. The molecule has 1 aromatic carbocycles. The van der Waals surface area contributed by atoms with E-state index in [1.54, 1.807) is 0 Å². The first kappa shape index (κ1) is 22.3. The summed E-state index contributed by atoms with van der Waals surface area (Å²) < 4.78 is 5.86. The van der Waals surface area contributed by atoms with Gasteiger partial charge in [-0.15, -0.1) is 0 Å². The summed E-state index contributed by atoms with van der Waals surface area (Å²) in [7, 11) is 0. The third kappa shape index (κ3) is 5.92. The van der Waals surface area contributed by atoms with Crippen molar-refractivity contribution in [2.24, 2.45) is 5.92 Å². The molecule has 0 aromatic heterocycles. The smallest absolute Gasteiger partial charge is 0.161 e. The van der Waals surface area contributed by atoms with Crippen LogP contribution in [0.1, 0.15) is 65.5 Å². The molecule has 0 radical (unpaired) electrons. The molecule has 0 spiro atoms. The van der Waals surface area contributed by atoms with Gasteiger partial charge in [0.1, 0.15) is 18.3 Å². The van der Waals surface area contributed by atoms with Crippen molar-refractivity contribution in [1.29, 1.82) is 0 Å². The Morgan fingerprint density at radius 2 is 1.65 bits per heavy atom. The Bertz CT molecular complexity index is 588. The minimum absolute atomic E-state index is 0.00665. The number of hydrogen-bond donors (Lipinski definition) is 1. The first-order valence-corrected chi connectivity index (χ1v) is 9.24. The summed E-state index contributed by atoms with van der Waals surface area (Å²) in [5.74, 6) is 0.0542. The second kappa shape index (κ2) is 9.83. The minimum Gasteiger partial charge on any atom is -0.476 e. The lowest BCUT2D eigenvalue weighted by Crippen LogP contribution is -2.26. The lowest BCUT2D eigenvalue weighted by Gasteiger charge is -2.30. The highest BCUT2D eigenvalue weighted by atomic mass is 16.7. The summed E-state index contributed by atoms with van der Waals surface area (Å²) in [6, 6.07) is 6.38. The van der Waals surface area contributed by atoms with E-state index in [1.165, 1.54) is 11.1 Å². The number of nitrogens with one attached hydrogen (secondary N) is 1. The molecule has 0 aliphatic heterocycles. The predicted molar refractivity (Wildman–Crippen MR) is 103 cm³/mol. The normalized spacial score (nSPS) is 12.3. The van der Waals surface area contributed by atoms with Gasteiger partial charge in [-0.1, -0.05) is 53.7 Å². The maximum Gasteiger partial charge on any atom is 0.161 e. The van der Waals surface area contributed by atoms with Gasteiger partial charge in [-0.3, -0.25) is 4.84 Å². The molecule has 5 heteroatoms. The third-order valence-electron chi connectivity index (χ3n) is 5.27. The van der Waals surface area contributed by atoms with E-state index in [0.717, 1.165) is 18.6 Å². The van der Waals surface area contributed by atoms with Gasteiger partial charge in [-0.2, -0.15) is 5.48 Å². The number of hydroxylamine groups is 1. The van der Waals surface area contributed by atoms with Gasteiger partial charge in [0, 0.05) is 5.56 Å². The Labute approximate surface area is 157 Å². The van der Waals surface area contributed by atoms with Crippen LogP contribution < -0.4 is 10.2 Å². The van der Waals surface area contributed by atoms with E-state index in [9.17, 15) is 9.59 Å². The van der Waals surface area contributed by atoms with Crippen molar-refractivity contribution >= 4 is 12.6 Å². The van der Waals surface area contributed by atoms with E-state index >= 15 is 0 Å². The van der Waals surface area contributed by atoms with Crippen molar-refractivity contribution < 1.29 is 19.2 Å². The van der Waals surface area contributed by atoms with Gasteiger partial charge in [0.25, 0.3) is 0 Å². The van der Waals surface area contributed by atoms with Crippen molar-refractivity contribution in [1.82, 2.24) is 5.48 Å². The molecule has 0 aliphatic carbocycles. The van der Waals surface area contributed by atoms with Crippen molar-refractivity contribution in [3.8, 4) is 5.75 Å². The van der Waals surface area contributed by atoms with Crippen LogP contribution >= 0.6 is 0 Å². The molecule has 146 valence electrons. The van der Waals surface area contributed by atoms with Crippen LogP contribution in [0, 0.1) is 5.92 Å². The highest BCUT2D eigenvalue weighted by Gasteiger charge is 2.26. The molecule has 0 unspecified atom stereocenters. The van der Waals surface area contributed by atoms with Crippen molar-refractivity contribution in [3.63, 3.8) is 0 Å². The van der Waals surface area contributed by atoms with Crippen LogP contribution in [-0.4, -0.2) is 25.9 Å². The van der Waals surface area contributed by atoms with Crippen LogP contribution in [0.2, 0.25) is 0 Å². The van der Waals surface area contributed by atoms with E-state index in [1.807, 2.05) is 6.07 Å². The molecule has 1 rings (SSSR count). The van der Waals surface area contributed by atoms with Gasteiger partial charge in [0.2, 0.25) is 0 Å². The highest BCUT2D eigenvalue weighted by Crippen LogP contribution is 2.38. The number of benzene rings is 1. The number of ether oxygens (including phenoxy) is 1. The summed E-state index contributed by atoms with van der Waals surface area (Å²) in [4.78, 5) is 26.3. The quantitative estimate of drug-likeness (QED) is 0.200. The van der Waals surface area contributed by atoms with Crippen molar-refractivity contribution in [2.75, 3.05) is 13.3 Å². The SMILES string of the molecule is CCC(C)(C)c1ccc(OCNOCC(C=O)C=O)c(C(C)(C)CC)c1. The monoisotopic (exact) mass is 363 g/mol. The lowest BCUT2D eigenvalue weighted by molar-refractivity contribution is -0.123. The van der Waals surface area contributed by atoms with Crippen molar-refractivity contribution in [3.05, 3.63) is 29.3 Å². The predicted octanol–water partition coefficient (Wildman–Crippen LogP) is 3.93. The van der Waals surface area contributed by atoms with Gasteiger partial charge in [-0.05, 0) is 35.3 Å². The van der Waals surface area contributed by atoms with Crippen molar-refractivity contribution in [2.45, 2.75) is 65.2 Å². The molecule has 0 heterocycles. The zero-order chi connectivity index (χ0) is 19.8. The first-order valence-electron chi connectivity index (χ1n) is 9.24. The molecular formula is C21H33NO4. The van der Waals surface area contributed by atoms with E-state index in [2.05, 4.69) is 59.2 Å². The Balaban J connectivity index is 2.87. The number of rotatable bonds is 12. The average Bonchev–Trinajstić information content (AvgIpc) is 2.64. The molecular weight excluding hydrogens is 330 g/mol. The second-order valence-electron chi connectivity index (χ2n) is 7.87. The van der Waals surface area contributed by atoms with Crippen LogP contribution in [0.15, 0.2) is 18.2 Å². The van der Waals surface area contributed by atoms with Crippen LogP contribution in [0.4, 0.5) is 0 Å². The Kier molecular flexibility index (Phi) is 8.44. The first-order chi connectivity index (χ1) is 12.2. The molecule has 0 fully saturated rings. The summed E-state index contributed by atoms with van der Waals surface area (Å²) >= 11 is 0. The Morgan fingerprint density at radius 1 is 1.04 bits per heavy atom. The fourth-order valence-electron chi connectivity index (χ4n) is 2.41. The number of carbonyl (C=O) groups excluding carboxylic acids is 2. The molecule has 26 heavy (non-hydrogen) atoms. The topological polar surface area (TPSA) is 64.6 Å². The molecule has 0 aliphatic rings. The van der Waals surface area contributed by atoms with E-state index in [0.29, 0.717) is 12.6 Å². The summed E-state index contributed by atoms with van der Waals surface area (Å²) in [5.41, 5.74) is 5.20. The van der Waals surface area contributed by atoms with Crippen LogP contribution in [0.25, 0.3) is 0 Å². The molecule has 0 bridgehead atoms. The van der Waals surface area contributed by atoms with Crippen LogP contribution in [-0.2, 0) is 25.3 Å². The molecule has 5 nitrogen and oxygen atoms in total. The maximum atomic E-state index is 10.6. The summed E-state index contributed by atoms with van der Waals surface area (Å²) in [6.45, 7) is 13.4. The van der Waals surface area contributed by atoms with Gasteiger partial charge < -0.3 is 14.3 Å². The second-order valence-corrected chi connectivity index (χ2v) is 7.87. The fraction of sp³-hybridized carbons (Fsp3) is 0.619. The standard InChI is InChI=1S/C21H33NO4/c1-7-20(3,4)17-9-10-19(18(11-17)21(5,6)8-2)25-15-22-26-14-16(12-23)13-24/h9-13,16,22H,7-8,14-15H2,1-6H3. The number of hydrogen-bond acceptors (Lipinski definition) is 5. The van der Waals surface area contributed by atoms with E-state index in [4.69, 9.17) is 9.57 Å². The summed E-state index contributed by atoms with van der Waals surface area (Å²) in [5, 5.41) is 0. The zero-order valence-electron chi connectivity index (χ0n) is 16.9. The van der Waals surface area contributed by atoms with Gasteiger partial charge in [0.15, 0.2) is 6.73 Å². The molecule has 1 N–H and O–H groups in total. The number of carbonyl (C=O) groups is 2. The van der Waals surface area contributed by atoms with E-state index < -0.39 is 5.92 Å². The number of aldehydes is 2. The van der Waals surface area contributed by atoms with E-state index in [-0.39, 0.29) is 24.2 Å². The highest BCUT2D eigenvalue weighted by molar-refractivity contribution is 5.77. The van der Waals surface area contributed by atoms with Crippen LogP contribution in [0.5, 0.6) is 5.75 Å². The van der Waals surface area contributed by atoms with Gasteiger partial charge in [-0.25, -0.2) is 0 Å².